The lowest BCUT2D eigenvalue weighted by molar-refractivity contribution is -0.385. The zero-order valence-corrected chi connectivity index (χ0v) is 10.6. The van der Waals surface area contributed by atoms with Gasteiger partial charge in [0.25, 0.3) is 5.69 Å². The van der Waals surface area contributed by atoms with Crippen LogP contribution in [0.2, 0.25) is 5.02 Å². The molecule has 0 saturated carbocycles. The molecule has 16 heavy (non-hydrogen) atoms. The van der Waals surface area contributed by atoms with Gasteiger partial charge in [-0.2, -0.15) is 0 Å². The van der Waals surface area contributed by atoms with Gasteiger partial charge in [0.2, 0.25) is 0 Å². The number of benzene rings is 1. The van der Waals surface area contributed by atoms with Crippen LogP contribution in [-0.4, -0.2) is 4.92 Å². The highest BCUT2D eigenvalue weighted by molar-refractivity contribution is 6.32. The van der Waals surface area contributed by atoms with E-state index >= 15 is 0 Å². The van der Waals surface area contributed by atoms with Crippen LogP contribution < -0.4 is 5.73 Å². The van der Waals surface area contributed by atoms with E-state index in [9.17, 15) is 10.1 Å². The zero-order valence-electron chi connectivity index (χ0n) is 9.80. The summed E-state index contributed by atoms with van der Waals surface area (Å²) in [7, 11) is 0. The summed E-state index contributed by atoms with van der Waals surface area (Å²) in [5, 5.41) is 11.5. The summed E-state index contributed by atoms with van der Waals surface area (Å²) >= 11 is 6.00. The van der Waals surface area contributed by atoms with Gasteiger partial charge in [0.05, 0.1) is 4.92 Å². The highest BCUT2D eigenvalue weighted by Crippen LogP contribution is 2.40. The molecule has 0 atom stereocenters. The van der Waals surface area contributed by atoms with E-state index < -0.39 is 4.92 Å². The number of nitrogen functional groups attached to an aromatic ring is 1. The maximum absolute atomic E-state index is 11.0. The molecule has 0 fully saturated rings. The van der Waals surface area contributed by atoms with Gasteiger partial charge in [-0.1, -0.05) is 32.4 Å². The molecule has 0 radical (unpaired) electrons. The summed E-state index contributed by atoms with van der Waals surface area (Å²) in [5.41, 5.74) is 6.69. The predicted octanol–water partition coefficient (Wildman–Crippen LogP) is 3.44. The third-order valence-corrected chi connectivity index (χ3v) is 2.85. The van der Waals surface area contributed by atoms with Gasteiger partial charge in [0.15, 0.2) is 0 Å². The highest BCUT2D eigenvalue weighted by atomic mass is 35.5. The van der Waals surface area contributed by atoms with Crippen molar-refractivity contribution in [2.24, 2.45) is 0 Å². The Kier molecular flexibility index (Phi) is 3.15. The maximum atomic E-state index is 11.0. The Hall–Kier alpha value is -1.29. The van der Waals surface area contributed by atoms with E-state index in [1.165, 1.54) is 6.07 Å². The SMILES string of the molecule is Cc1c(Cl)cc(N)c([N+](=O)[O-])c1C(C)(C)C. The van der Waals surface area contributed by atoms with Gasteiger partial charge in [-0.25, -0.2) is 0 Å². The Morgan fingerprint density at radius 2 is 1.94 bits per heavy atom. The lowest BCUT2D eigenvalue weighted by Crippen LogP contribution is -2.17. The first-order valence-corrected chi connectivity index (χ1v) is 5.27. The second-order valence-electron chi connectivity index (χ2n) is 4.80. The fraction of sp³-hybridized carbons (Fsp3) is 0.455. The van der Waals surface area contributed by atoms with Crippen molar-refractivity contribution in [2.75, 3.05) is 5.73 Å². The molecule has 0 amide bonds. The Labute approximate surface area is 99.6 Å². The molecule has 0 saturated heterocycles. The van der Waals surface area contributed by atoms with Crippen molar-refractivity contribution in [3.05, 3.63) is 32.3 Å². The monoisotopic (exact) mass is 242 g/mol. The molecule has 5 heteroatoms. The lowest BCUT2D eigenvalue weighted by Gasteiger charge is -2.22. The maximum Gasteiger partial charge on any atom is 0.296 e. The summed E-state index contributed by atoms with van der Waals surface area (Å²) in [6.45, 7) is 7.48. The number of nitrogens with two attached hydrogens (primary N) is 1. The van der Waals surface area contributed by atoms with E-state index in [0.717, 1.165) is 5.56 Å². The van der Waals surface area contributed by atoms with Crippen LogP contribution >= 0.6 is 11.6 Å². The van der Waals surface area contributed by atoms with Crippen molar-refractivity contribution in [3.63, 3.8) is 0 Å². The molecule has 0 aliphatic carbocycles. The molecule has 0 bridgehead atoms. The summed E-state index contributed by atoms with van der Waals surface area (Å²) in [4.78, 5) is 10.6. The first-order valence-electron chi connectivity index (χ1n) is 4.89. The Morgan fingerprint density at radius 3 is 2.31 bits per heavy atom. The van der Waals surface area contributed by atoms with Crippen molar-refractivity contribution < 1.29 is 4.92 Å². The van der Waals surface area contributed by atoms with Crippen LogP contribution in [-0.2, 0) is 5.41 Å². The van der Waals surface area contributed by atoms with E-state index in [2.05, 4.69) is 0 Å². The molecule has 0 unspecified atom stereocenters. The molecule has 0 spiro atoms. The number of hydrogen-bond donors (Lipinski definition) is 1. The third kappa shape index (κ3) is 2.11. The van der Waals surface area contributed by atoms with Crippen LogP contribution in [0.5, 0.6) is 0 Å². The Morgan fingerprint density at radius 1 is 1.44 bits per heavy atom. The van der Waals surface area contributed by atoms with Crippen molar-refractivity contribution in [1.29, 1.82) is 0 Å². The van der Waals surface area contributed by atoms with Gasteiger partial charge in [-0.3, -0.25) is 10.1 Å². The highest BCUT2D eigenvalue weighted by Gasteiger charge is 2.30. The van der Waals surface area contributed by atoms with E-state index in [1.807, 2.05) is 20.8 Å². The number of nitro groups is 1. The van der Waals surface area contributed by atoms with Gasteiger partial charge in [0.1, 0.15) is 5.69 Å². The van der Waals surface area contributed by atoms with E-state index in [0.29, 0.717) is 10.6 Å². The van der Waals surface area contributed by atoms with Crippen molar-refractivity contribution in [1.82, 2.24) is 0 Å². The number of anilines is 1. The summed E-state index contributed by atoms with van der Waals surface area (Å²) in [6.07, 6.45) is 0. The molecule has 0 aliphatic heterocycles. The van der Waals surface area contributed by atoms with Gasteiger partial charge < -0.3 is 5.73 Å². The van der Waals surface area contributed by atoms with Crippen molar-refractivity contribution >= 4 is 23.0 Å². The fourth-order valence-corrected chi connectivity index (χ4v) is 2.08. The minimum absolute atomic E-state index is 0.0330. The molecule has 0 heterocycles. The predicted molar refractivity (Wildman–Crippen MR) is 66.0 cm³/mol. The summed E-state index contributed by atoms with van der Waals surface area (Å²) < 4.78 is 0. The van der Waals surface area contributed by atoms with Crippen LogP contribution in [0.3, 0.4) is 0 Å². The number of hydrogen-bond acceptors (Lipinski definition) is 3. The van der Waals surface area contributed by atoms with E-state index in [1.54, 1.807) is 6.92 Å². The van der Waals surface area contributed by atoms with E-state index in [-0.39, 0.29) is 16.8 Å². The minimum atomic E-state index is -0.445. The first-order chi connectivity index (χ1) is 7.16. The number of rotatable bonds is 1. The van der Waals surface area contributed by atoms with Gasteiger partial charge in [-0.15, -0.1) is 0 Å². The third-order valence-electron chi connectivity index (χ3n) is 2.46. The Balaban J connectivity index is 3.72. The van der Waals surface area contributed by atoms with Gasteiger partial charge >= 0.3 is 0 Å². The smallest absolute Gasteiger partial charge is 0.296 e. The molecule has 1 rings (SSSR count). The molecule has 4 nitrogen and oxygen atoms in total. The fourth-order valence-electron chi connectivity index (χ4n) is 1.87. The second-order valence-corrected chi connectivity index (χ2v) is 5.21. The molecule has 1 aromatic rings. The molecule has 1 aromatic carbocycles. The van der Waals surface area contributed by atoms with E-state index in [4.69, 9.17) is 17.3 Å². The van der Waals surface area contributed by atoms with Crippen LogP contribution in [0.4, 0.5) is 11.4 Å². The average Bonchev–Trinajstić information content (AvgIpc) is 2.07. The van der Waals surface area contributed by atoms with Crippen LogP contribution in [0.15, 0.2) is 6.07 Å². The largest absolute Gasteiger partial charge is 0.393 e. The lowest BCUT2D eigenvalue weighted by atomic mass is 9.82. The zero-order chi connectivity index (χ0) is 12.7. The quantitative estimate of drug-likeness (QED) is 0.466. The van der Waals surface area contributed by atoms with Crippen molar-refractivity contribution in [2.45, 2.75) is 33.1 Å². The minimum Gasteiger partial charge on any atom is -0.393 e. The summed E-state index contributed by atoms with van der Waals surface area (Å²) in [5.74, 6) is 0. The van der Waals surface area contributed by atoms with Crippen LogP contribution in [0, 0.1) is 17.0 Å². The topological polar surface area (TPSA) is 69.2 Å². The molecule has 0 aromatic heterocycles. The summed E-state index contributed by atoms with van der Waals surface area (Å²) in [6, 6.07) is 1.43. The second kappa shape index (κ2) is 3.94. The normalized spacial score (nSPS) is 11.6. The average molecular weight is 243 g/mol. The number of halogens is 1. The molecule has 2 N–H and O–H groups in total. The molecular formula is C11H15ClN2O2. The molecule has 0 aliphatic rings. The van der Waals surface area contributed by atoms with Crippen LogP contribution in [0.1, 0.15) is 31.9 Å². The first kappa shape index (κ1) is 12.8. The van der Waals surface area contributed by atoms with Crippen LogP contribution in [0.25, 0.3) is 0 Å². The number of nitro benzene ring substituents is 1. The molecule has 88 valence electrons. The van der Waals surface area contributed by atoms with Gasteiger partial charge in [-0.05, 0) is 24.0 Å². The standard InChI is InChI=1S/C11H15ClN2O2/c1-6-7(12)5-8(13)10(14(15)16)9(6)11(2,3)4/h5H,13H2,1-4H3. The number of nitrogens with zero attached hydrogens (tertiary/aromatic N) is 1. The Bertz CT molecular complexity index is 450. The molecular weight excluding hydrogens is 228 g/mol. The van der Waals surface area contributed by atoms with Crippen molar-refractivity contribution in [3.8, 4) is 0 Å². The van der Waals surface area contributed by atoms with Gasteiger partial charge in [0, 0.05) is 10.6 Å².